The van der Waals surface area contributed by atoms with E-state index in [1.54, 1.807) is 58.9 Å². The molecule has 2 unspecified atom stereocenters. The fourth-order valence-corrected chi connectivity index (χ4v) is 3.36. The maximum atomic E-state index is 13.8. The monoisotopic (exact) mass is 473 g/mol. The summed E-state index contributed by atoms with van der Waals surface area (Å²) in [6, 6.07) is 4.74. The molecule has 188 valence electrons. The lowest BCUT2D eigenvalue weighted by molar-refractivity contribution is -0.144. The first kappa shape index (κ1) is 29.0. The molecule has 1 rings (SSSR count). The second-order valence-corrected chi connectivity index (χ2v) is 10.5. The summed E-state index contributed by atoms with van der Waals surface area (Å²) < 4.78 is 5.33. The normalized spacial score (nSPS) is 13.4. The molecule has 0 aliphatic carbocycles. The van der Waals surface area contributed by atoms with Gasteiger partial charge in [-0.15, -0.1) is 6.42 Å². The van der Waals surface area contributed by atoms with Crippen LogP contribution in [0.15, 0.2) is 24.3 Å². The summed E-state index contributed by atoms with van der Waals surface area (Å²) in [5.74, 6) is 1.27. The Hall–Kier alpha value is -3.05. The smallest absolute Gasteiger partial charge is 0.408 e. The van der Waals surface area contributed by atoms with Gasteiger partial charge in [-0.1, -0.05) is 38.0 Å². The quantitative estimate of drug-likeness (QED) is 0.503. The Bertz CT molecular complexity index is 906. The standard InChI is InChI=1S/C26H39N3O5/c1-10-18-13-11-12-14-19(18)21(22(31)28-25(4,5)6)29(15-16-30)23(32)20(17(2)3)27-24(33)34-26(7,8)9/h1,11-14,17,20-21,30H,15-16H2,2-9H3,(H,27,33)(H,28,31). The Morgan fingerprint density at radius 3 is 2.18 bits per heavy atom. The van der Waals surface area contributed by atoms with Gasteiger partial charge in [0.15, 0.2) is 0 Å². The summed E-state index contributed by atoms with van der Waals surface area (Å²) in [5.41, 5.74) is -0.428. The molecule has 0 radical (unpaired) electrons. The first-order valence-electron chi connectivity index (χ1n) is 11.4. The molecule has 34 heavy (non-hydrogen) atoms. The van der Waals surface area contributed by atoms with Crippen molar-refractivity contribution < 1.29 is 24.2 Å². The molecule has 0 fully saturated rings. The van der Waals surface area contributed by atoms with Crippen LogP contribution in [0.5, 0.6) is 0 Å². The third-order valence-electron chi connectivity index (χ3n) is 4.70. The van der Waals surface area contributed by atoms with Crippen molar-refractivity contribution in [2.75, 3.05) is 13.2 Å². The Balaban J connectivity index is 3.53. The third-order valence-corrected chi connectivity index (χ3v) is 4.70. The molecule has 1 aromatic carbocycles. The van der Waals surface area contributed by atoms with Gasteiger partial charge in [0.2, 0.25) is 11.8 Å². The van der Waals surface area contributed by atoms with Gasteiger partial charge in [-0.2, -0.15) is 0 Å². The lowest BCUT2D eigenvalue weighted by atomic mass is 9.95. The molecule has 8 nitrogen and oxygen atoms in total. The van der Waals surface area contributed by atoms with Gasteiger partial charge in [-0.05, 0) is 59.1 Å². The number of terminal acetylenes is 1. The molecule has 0 saturated heterocycles. The lowest BCUT2D eigenvalue weighted by Crippen LogP contribution is -2.56. The summed E-state index contributed by atoms with van der Waals surface area (Å²) in [4.78, 5) is 41.0. The second-order valence-electron chi connectivity index (χ2n) is 10.5. The number of aliphatic hydroxyl groups excluding tert-OH is 1. The van der Waals surface area contributed by atoms with Crippen LogP contribution in [0.25, 0.3) is 0 Å². The van der Waals surface area contributed by atoms with E-state index in [1.807, 2.05) is 20.8 Å². The van der Waals surface area contributed by atoms with Gasteiger partial charge in [-0.3, -0.25) is 9.59 Å². The van der Waals surface area contributed by atoms with Crippen LogP contribution < -0.4 is 10.6 Å². The molecular formula is C26H39N3O5. The van der Waals surface area contributed by atoms with E-state index in [0.29, 0.717) is 11.1 Å². The first-order valence-corrected chi connectivity index (χ1v) is 11.4. The third kappa shape index (κ3) is 8.71. The van der Waals surface area contributed by atoms with Crippen molar-refractivity contribution in [2.24, 2.45) is 5.92 Å². The Morgan fingerprint density at radius 2 is 1.71 bits per heavy atom. The summed E-state index contributed by atoms with van der Waals surface area (Å²) in [6.45, 7) is 13.7. The first-order chi connectivity index (χ1) is 15.6. The summed E-state index contributed by atoms with van der Waals surface area (Å²) in [6.07, 6.45) is 4.94. The summed E-state index contributed by atoms with van der Waals surface area (Å²) >= 11 is 0. The molecule has 0 aliphatic heterocycles. The number of hydrogen-bond acceptors (Lipinski definition) is 5. The number of nitrogens with one attached hydrogen (secondary N) is 2. The highest BCUT2D eigenvalue weighted by molar-refractivity contribution is 5.93. The topological polar surface area (TPSA) is 108 Å². The molecule has 3 N–H and O–H groups in total. The maximum Gasteiger partial charge on any atom is 0.408 e. The number of ether oxygens (including phenoxy) is 1. The maximum absolute atomic E-state index is 13.8. The average Bonchev–Trinajstić information content (AvgIpc) is 2.68. The molecule has 2 atom stereocenters. The SMILES string of the molecule is C#Cc1ccccc1C(C(=O)NC(C)(C)C)N(CCO)C(=O)C(NC(=O)OC(C)(C)C)C(C)C. The van der Waals surface area contributed by atoms with Gasteiger partial charge in [0.25, 0.3) is 0 Å². The van der Waals surface area contributed by atoms with E-state index in [1.165, 1.54) is 4.90 Å². The average molecular weight is 474 g/mol. The number of benzene rings is 1. The summed E-state index contributed by atoms with van der Waals surface area (Å²) in [7, 11) is 0. The number of rotatable bonds is 8. The van der Waals surface area contributed by atoms with Gasteiger partial charge >= 0.3 is 6.09 Å². The molecule has 0 aromatic heterocycles. The van der Waals surface area contributed by atoms with Crippen molar-refractivity contribution in [1.29, 1.82) is 0 Å². The van der Waals surface area contributed by atoms with Crippen molar-refractivity contribution in [1.82, 2.24) is 15.5 Å². The van der Waals surface area contributed by atoms with E-state index in [4.69, 9.17) is 11.2 Å². The van der Waals surface area contributed by atoms with E-state index < -0.39 is 41.1 Å². The van der Waals surface area contributed by atoms with E-state index in [9.17, 15) is 19.5 Å². The van der Waals surface area contributed by atoms with Crippen LogP contribution in [0.2, 0.25) is 0 Å². The number of amides is 3. The second kappa shape index (κ2) is 11.9. The minimum absolute atomic E-state index is 0.140. The van der Waals surface area contributed by atoms with Crippen LogP contribution in [0.3, 0.4) is 0 Å². The Morgan fingerprint density at radius 1 is 1.12 bits per heavy atom. The molecule has 3 amide bonds. The van der Waals surface area contributed by atoms with Crippen molar-refractivity contribution in [3.05, 3.63) is 35.4 Å². The molecule has 0 heterocycles. The minimum Gasteiger partial charge on any atom is -0.444 e. The van der Waals surface area contributed by atoms with E-state index in [-0.39, 0.29) is 19.1 Å². The van der Waals surface area contributed by atoms with Gasteiger partial charge in [-0.25, -0.2) is 4.79 Å². The zero-order valence-corrected chi connectivity index (χ0v) is 21.6. The van der Waals surface area contributed by atoms with Crippen molar-refractivity contribution in [3.8, 4) is 12.3 Å². The van der Waals surface area contributed by atoms with Gasteiger partial charge < -0.3 is 25.4 Å². The van der Waals surface area contributed by atoms with E-state index in [2.05, 4.69) is 16.6 Å². The lowest BCUT2D eigenvalue weighted by Gasteiger charge is -2.36. The molecular weight excluding hydrogens is 434 g/mol. The number of hydrogen-bond donors (Lipinski definition) is 3. The van der Waals surface area contributed by atoms with Crippen LogP contribution in [-0.2, 0) is 14.3 Å². The molecule has 8 heteroatoms. The summed E-state index contributed by atoms with van der Waals surface area (Å²) in [5, 5.41) is 15.3. The van der Waals surface area contributed by atoms with E-state index >= 15 is 0 Å². The highest BCUT2D eigenvalue weighted by Gasteiger charge is 2.38. The molecule has 0 bridgehead atoms. The number of carbonyl (C=O) groups excluding carboxylic acids is 3. The highest BCUT2D eigenvalue weighted by Crippen LogP contribution is 2.27. The highest BCUT2D eigenvalue weighted by atomic mass is 16.6. The van der Waals surface area contributed by atoms with Crippen LogP contribution >= 0.6 is 0 Å². The van der Waals surface area contributed by atoms with Gasteiger partial charge in [0.1, 0.15) is 17.7 Å². The van der Waals surface area contributed by atoms with Crippen LogP contribution in [0.1, 0.15) is 72.6 Å². The van der Waals surface area contributed by atoms with E-state index in [0.717, 1.165) is 0 Å². The molecule has 1 aromatic rings. The van der Waals surface area contributed by atoms with Crippen LogP contribution in [0.4, 0.5) is 4.79 Å². The fourth-order valence-electron chi connectivity index (χ4n) is 3.36. The Kier molecular flexibility index (Phi) is 10.1. The largest absolute Gasteiger partial charge is 0.444 e. The molecule has 0 saturated carbocycles. The number of carbonyl (C=O) groups is 3. The number of nitrogens with zero attached hydrogens (tertiary/aromatic N) is 1. The van der Waals surface area contributed by atoms with Gasteiger partial charge in [0, 0.05) is 17.6 Å². The predicted molar refractivity (Wildman–Crippen MR) is 132 cm³/mol. The van der Waals surface area contributed by atoms with Crippen molar-refractivity contribution >= 4 is 17.9 Å². The zero-order chi connectivity index (χ0) is 26.3. The molecule has 0 spiro atoms. The minimum atomic E-state index is -1.12. The number of aliphatic hydroxyl groups is 1. The van der Waals surface area contributed by atoms with Crippen LogP contribution in [-0.4, -0.2) is 58.2 Å². The van der Waals surface area contributed by atoms with Crippen LogP contribution in [0, 0.1) is 18.3 Å². The number of alkyl carbamates (subject to hydrolysis) is 1. The fraction of sp³-hybridized carbons (Fsp3) is 0.577. The molecule has 0 aliphatic rings. The van der Waals surface area contributed by atoms with Gasteiger partial charge in [0.05, 0.1) is 6.61 Å². The van der Waals surface area contributed by atoms with Crippen molar-refractivity contribution in [2.45, 2.75) is 78.6 Å². The zero-order valence-electron chi connectivity index (χ0n) is 21.6. The Labute approximate surface area is 203 Å². The van der Waals surface area contributed by atoms with Crippen molar-refractivity contribution in [3.63, 3.8) is 0 Å². The predicted octanol–water partition coefficient (Wildman–Crippen LogP) is 2.99.